The molecule has 1 atom stereocenters. The van der Waals surface area contributed by atoms with E-state index in [0.29, 0.717) is 0 Å². The fourth-order valence-electron chi connectivity index (χ4n) is 2.49. The van der Waals surface area contributed by atoms with Gasteiger partial charge in [0.1, 0.15) is 5.78 Å². The Morgan fingerprint density at radius 2 is 1.63 bits per heavy atom. The van der Waals surface area contributed by atoms with Crippen molar-refractivity contribution in [1.82, 2.24) is 0 Å². The van der Waals surface area contributed by atoms with Gasteiger partial charge in [0, 0.05) is 5.92 Å². The fraction of sp³-hybridized carbons (Fsp3) is 0.708. The van der Waals surface area contributed by atoms with Crippen LogP contribution in [0.3, 0.4) is 0 Å². The molecule has 1 aromatic rings. The van der Waals surface area contributed by atoms with Crippen molar-refractivity contribution in [2.75, 3.05) is 6.54 Å². The van der Waals surface area contributed by atoms with Crippen LogP contribution in [-0.4, -0.2) is 17.4 Å². The standard InChI is InChI=1S/C10H22.C8H10O.C6H13NO/c1-4-6-8-10(3)9-7-5-2;1-7-3-2-4-8(5-7)6-9;1-3-5(2)6(8)4-7/h10H,4-9H2,1-3H3;2-5,9H,6H2,1H3;5H,3-4,7H2,1-2H3. The molecule has 1 rings (SSSR count). The van der Waals surface area contributed by atoms with Crippen LogP contribution in [0.5, 0.6) is 0 Å². The first-order valence-corrected chi connectivity index (χ1v) is 10.7. The van der Waals surface area contributed by atoms with E-state index in [1.807, 2.05) is 45.0 Å². The van der Waals surface area contributed by atoms with Gasteiger partial charge in [0.2, 0.25) is 0 Å². The lowest BCUT2D eigenvalue weighted by molar-refractivity contribution is -0.121. The summed E-state index contributed by atoms with van der Waals surface area (Å²) < 4.78 is 0. The molecular formula is C24H45NO2. The van der Waals surface area contributed by atoms with Crippen LogP contribution in [0.1, 0.15) is 90.7 Å². The summed E-state index contributed by atoms with van der Waals surface area (Å²) in [6.45, 7) is 13.1. The number of Topliss-reactive ketones (excluding diaryl/α,β-unsaturated/α-hetero) is 1. The van der Waals surface area contributed by atoms with Gasteiger partial charge in [-0.2, -0.15) is 0 Å². The molecule has 1 unspecified atom stereocenters. The summed E-state index contributed by atoms with van der Waals surface area (Å²) in [5, 5.41) is 8.66. The number of carbonyl (C=O) groups is 1. The summed E-state index contributed by atoms with van der Waals surface area (Å²) in [4.78, 5) is 10.6. The van der Waals surface area contributed by atoms with E-state index in [2.05, 4.69) is 20.8 Å². The lowest BCUT2D eigenvalue weighted by Gasteiger charge is -2.08. The Bertz CT molecular complexity index is 451. The summed E-state index contributed by atoms with van der Waals surface area (Å²) in [6, 6.07) is 7.84. The van der Waals surface area contributed by atoms with E-state index < -0.39 is 0 Å². The van der Waals surface area contributed by atoms with Crippen LogP contribution in [0.25, 0.3) is 0 Å². The van der Waals surface area contributed by atoms with Crippen LogP contribution in [0.2, 0.25) is 0 Å². The molecule has 1 aromatic carbocycles. The molecule has 27 heavy (non-hydrogen) atoms. The van der Waals surface area contributed by atoms with Crippen LogP contribution in [-0.2, 0) is 11.4 Å². The fourth-order valence-corrected chi connectivity index (χ4v) is 2.49. The highest BCUT2D eigenvalue weighted by Crippen LogP contribution is 2.14. The maximum absolute atomic E-state index is 10.6. The number of nitrogens with two attached hydrogens (primary N) is 1. The Labute approximate surface area is 168 Å². The minimum atomic E-state index is 0.141. The average Bonchev–Trinajstić information content (AvgIpc) is 2.70. The maximum atomic E-state index is 10.6. The molecule has 0 spiro atoms. The predicted octanol–water partition coefficient (Wildman–Crippen LogP) is 6.05. The number of hydrogen-bond acceptors (Lipinski definition) is 3. The van der Waals surface area contributed by atoms with Gasteiger partial charge in [0.25, 0.3) is 0 Å². The third kappa shape index (κ3) is 18.0. The van der Waals surface area contributed by atoms with E-state index in [1.54, 1.807) is 0 Å². The van der Waals surface area contributed by atoms with Gasteiger partial charge in [-0.25, -0.2) is 0 Å². The van der Waals surface area contributed by atoms with Crippen molar-refractivity contribution in [3.63, 3.8) is 0 Å². The van der Waals surface area contributed by atoms with Crippen molar-refractivity contribution in [3.8, 4) is 0 Å². The number of aliphatic hydroxyl groups is 1. The van der Waals surface area contributed by atoms with Crippen LogP contribution in [0.4, 0.5) is 0 Å². The van der Waals surface area contributed by atoms with E-state index in [0.717, 1.165) is 17.9 Å². The Morgan fingerprint density at radius 1 is 1.07 bits per heavy atom. The second-order valence-electron chi connectivity index (χ2n) is 7.52. The quantitative estimate of drug-likeness (QED) is 0.520. The molecule has 0 heterocycles. The van der Waals surface area contributed by atoms with Crippen molar-refractivity contribution in [1.29, 1.82) is 0 Å². The van der Waals surface area contributed by atoms with Crippen molar-refractivity contribution in [3.05, 3.63) is 35.4 Å². The van der Waals surface area contributed by atoms with Crippen molar-refractivity contribution in [2.24, 2.45) is 17.6 Å². The number of unbranched alkanes of at least 4 members (excludes halogenated alkanes) is 2. The maximum Gasteiger partial charge on any atom is 0.149 e. The first kappa shape index (κ1) is 28.0. The number of aliphatic hydroxyl groups excluding tert-OH is 1. The molecule has 3 heteroatoms. The molecular weight excluding hydrogens is 334 g/mol. The number of rotatable bonds is 10. The predicted molar refractivity (Wildman–Crippen MR) is 119 cm³/mol. The zero-order valence-electron chi connectivity index (χ0n) is 18.8. The third-order valence-corrected chi connectivity index (χ3v) is 4.73. The monoisotopic (exact) mass is 379 g/mol. The molecule has 3 nitrogen and oxygen atoms in total. The smallest absolute Gasteiger partial charge is 0.149 e. The minimum absolute atomic E-state index is 0.141. The van der Waals surface area contributed by atoms with Gasteiger partial charge >= 0.3 is 0 Å². The van der Waals surface area contributed by atoms with Crippen molar-refractivity contribution >= 4 is 5.78 Å². The van der Waals surface area contributed by atoms with E-state index in [-0.39, 0.29) is 24.9 Å². The van der Waals surface area contributed by atoms with Gasteiger partial charge < -0.3 is 10.8 Å². The Balaban J connectivity index is 0. The molecule has 0 radical (unpaired) electrons. The van der Waals surface area contributed by atoms with Crippen LogP contribution >= 0.6 is 0 Å². The molecule has 0 amide bonds. The number of hydrogen-bond donors (Lipinski definition) is 2. The Hall–Kier alpha value is -1.19. The first-order chi connectivity index (χ1) is 12.9. The summed E-state index contributed by atoms with van der Waals surface area (Å²) in [5.41, 5.74) is 7.28. The van der Waals surface area contributed by atoms with Gasteiger partial charge in [0.05, 0.1) is 13.2 Å². The molecule has 0 saturated carbocycles. The lowest BCUT2D eigenvalue weighted by atomic mass is 9.98. The second kappa shape index (κ2) is 19.6. The molecule has 158 valence electrons. The summed E-state index contributed by atoms with van der Waals surface area (Å²) in [7, 11) is 0. The molecule has 3 N–H and O–H groups in total. The largest absolute Gasteiger partial charge is 0.392 e. The number of aryl methyl sites for hydroxylation is 1. The first-order valence-electron chi connectivity index (χ1n) is 10.7. The average molecular weight is 380 g/mol. The molecule has 0 aliphatic heterocycles. The molecule has 0 aliphatic carbocycles. The van der Waals surface area contributed by atoms with E-state index >= 15 is 0 Å². The molecule has 0 aromatic heterocycles. The summed E-state index contributed by atoms with van der Waals surface area (Å²) in [5.74, 6) is 1.28. The van der Waals surface area contributed by atoms with E-state index in [4.69, 9.17) is 10.8 Å². The normalized spacial score (nSPS) is 11.1. The van der Waals surface area contributed by atoms with Crippen molar-refractivity contribution < 1.29 is 9.90 Å². The molecule has 0 bridgehead atoms. The van der Waals surface area contributed by atoms with Gasteiger partial charge in [-0.3, -0.25) is 4.79 Å². The van der Waals surface area contributed by atoms with Crippen molar-refractivity contribution in [2.45, 2.75) is 93.1 Å². The van der Waals surface area contributed by atoms with Crippen LogP contribution in [0, 0.1) is 18.8 Å². The van der Waals surface area contributed by atoms with Crippen LogP contribution < -0.4 is 5.73 Å². The van der Waals surface area contributed by atoms with Gasteiger partial charge in [-0.1, -0.05) is 103 Å². The Kier molecular flexibility index (Phi) is 20.3. The summed E-state index contributed by atoms with van der Waals surface area (Å²) in [6.07, 6.45) is 9.34. The number of carbonyl (C=O) groups excluding carboxylic acids is 1. The van der Waals surface area contributed by atoms with Crippen LogP contribution in [0.15, 0.2) is 24.3 Å². The topological polar surface area (TPSA) is 63.3 Å². The second-order valence-corrected chi connectivity index (χ2v) is 7.52. The SMILES string of the molecule is CCC(C)C(=O)CN.CCCCC(C)CCCC.Cc1cccc(CO)c1. The third-order valence-electron chi connectivity index (χ3n) is 4.73. The van der Waals surface area contributed by atoms with E-state index in [9.17, 15) is 4.79 Å². The number of ketones is 1. The van der Waals surface area contributed by atoms with Gasteiger partial charge in [0.15, 0.2) is 0 Å². The highest BCUT2D eigenvalue weighted by atomic mass is 16.3. The minimum Gasteiger partial charge on any atom is -0.392 e. The van der Waals surface area contributed by atoms with E-state index in [1.165, 1.54) is 44.1 Å². The zero-order valence-corrected chi connectivity index (χ0v) is 18.8. The Morgan fingerprint density at radius 3 is 1.93 bits per heavy atom. The molecule has 0 fully saturated rings. The zero-order chi connectivity index (χ0) is 21.1. The highest BCUT2D eigenvalue weighted by Gasteiger charge is 2.06. The summed E-state index contributed by atoms with van der Waals surface area (Å²) >= 11 is 0. The number of benzene rings is 1. The van der Waals surface area contributed by atoms with Gasteiger partial charge in [-0.05, 0) is 24.8 Å². The molecule has 0 saturated heterocycles. The highest BCUT2D eigenvalue weighted by molar-refractivity contribution is 5.82. The molecule has 0 aliphatic rings. The van der Waals surface area contributed by atoms with Gasteiger partial charge in [-0.15, -0.1) is 0 Å². The lowest BCUT2D eigenvalue weighted by Crippen LogP contribution is -2.20.